The molecule has 0 aliphatic carbocycles. The second kappa shape index (κ2) is 5.17. The molecule has 0 aromatic heterocycles. The maximum atomic E-state index is 9.80. The Labute approximate surface area is 92.3 Å². The third-order valence-corrected chi connectivity index (χ3v) is 2.75. The van der Waals surface area contributed by atoms with E-state index in [4.69, 9.17) is 0 Å². The minimum atomic E-state index is 0.374. The molecule has 2 N–H and O–H groups in total. The maximum absolute atomic E-state index is 9.80. The highest BCUT2D eigenvalue weighted by Gasteiger charge is 2.09. The number of hydrogen-bond acceptors (Lipinski definition) is 2. The van der Waals surface area contributed by atoms with Crippen molar-refractivity contribution in [1.82, 2.24) is 5.32 Å². The minimum Gasteiger partial charge on any atom is -0.508 e. The molecule has 0 bridgehead atoms. The van der Waals surface area contributed by atoms with Gasteiger partial charge in [0.25, 0.3) is 0 Å². The lowest BCUT2D eigenvalue weighted by molar-refractivity contribution is 0.464. The molecule has 0 saturated heterocycles. The molecule has 0 amide bonds. The molecule has 84 valence electrons. The summed E-state index contributed by atoms with van der Waals surface area (Å²) >= 11 is 0. The van der Waals surface area contributed by atoms with Gasteiger partial charge in [0.2, 0.25) is 0 Å². The van der Waals surface area contributed by atoms with Crippen molar-refractivity contribution in [3.05, 3.63) is 28.8 Å². The van der Waals surface area contributed by atoms with Gasteiger partial charge in [0.05, 0.1) is 0 Å². The largest absolute Gasteiger partial charge is 0.508 e. The van der Waals surface area contributed by atoms with Crippen molar-refractivity contribution in [2.75, 3.05) is 13.6 Å². The van der Waals surface area contributed by atoms with E-state index in [1.807, 2.05) is 13.1 Å². The molecule has 0 radical (unpaired) electrons. The molecule has 2 nitrogen and oxygen atoms in total. The van der Waals surface area contributed by atoms with Crippen molar-refractivity contribution in [2.24, 2.45) is 0 Å². The first kappa shape index (κ1) is 12.1. The normalized spacial score (nSPS) is 11.0. The number of aromatic hydroxyl groups is 1. The number of phenolic OH excluding ortho intramolecular Hbond substituents is 1. The maximum Gasteiger partial charge on any atom is 0.119 e. The monoisotopic (exact) mass is 207 g/mol. The number of nitrogens with one attached hydrogen (secondary N) is 1. The standard InChI is InChI=1S/C13H21NO/c1-9(2)12-8-11(5-6-14-4)10(3)7-13(12)15/h7-9,14-15H,5-6H2,1-4H3. The Bertz CT molecular complexity index is 332. The average Bonchev–Trinajstić information content (AvgIpc) is 2.16. The van der Waals surface area contributed by atoms with Gasteiger partial charge in [-0.05, 0) is 55.6 Å². The first-order chi connectivity index (χ1) is 7.06. The molecular formula is C13H21NO. The predicted molar refractivity (Wildman–Crippen MR) is 64.6 cm³/mol. The van der Waals surface area contributed by atoms with Gasteiger partial charge in [0.1, 0.15) is 5.75 Å². The van der Waals surface area contributed by atoms with Crippen LogP contribution in [0.5, 0.6) is 5.75 Å². The van der Waals surface area contributed by atoms with Crippen molar-refractivity contribution in [2.45, 2.75) is 33.1 Å². The van der Waals surface area contributed by atoms with Gasteiger partial charge in [0, 0.05) is 0 Å². The van der Waals surface area contributed by atoms with Crippen LogP contribution >= 0.6 is 0 Å². The summed E-state index contributed by atoms with van der Waals surface area (Å²) in [5.41, 5.74) is 3.55. The molecule has 0 heterocycles. The Morgan fingerprint density at radius 1 is 1.33 bits per heavy atom. The summed E-state index contributed by atoms with van der Waals surface area (Å²) in [6, 6.07) is 4.01. The number of benzene rings is 1. The lowest BCUT2D eigenvalue weighted by Gasteiger charge is -2.13. The third kappa shape index (κ3) is 2.96. The molecule has 1 aromatic rings. The molecule has 0 spiro atoms. The quantitative estimate of drug-likeness (QED) is 0.795. The van der Waals surface area contributed by atoms with Crippen LogP contribution in [0.3, 0.4) is 0 Å². The zero-order valence-corrected chi connectivity index (χ0v) is 10.1. The molecule has 0 aliphatic heterocycles. The van der Waals surface area contributed by atoms with E-state index < -0.39 is 0 Å². The van der Waals surface area contributed by atoms with Gasteiger partial charge in [-0.25, -0.2) is 0 Å². The van der Waals surface area contributed by atoms with E-state index in [-0.39, 0.29) is 0 Å². The van der Waals surface area contributed by atoms with Crippen LogP contribution in [-0.4, -0.2) is 18.7 Å². The zero-order valence-electron chi connectivity index (χ0n) is 10.1. The Hall–Kier alpha value is -1.02. The highest BCUT2D eigenvalue weighted by molar-refractivity contribution is 5.43. The molecule has 1 rings (SSSR count). The van der Waals surface area contributed by atoms with Crippen molar-refractivity contribution in [1.29, 1.82) is 0 Å². The Kier molecular flexibility index (Phi) is 4.15. The Balaban J connectivity index is 3.00. The molecule has 0 saturated carbocycles. The van der Waals surface area contributed by atoms with Crippen LogP contribution in [-0.2, 0) is 6.42 Å². The fraction of sp³-hybridized carbons (Fsp3) is 0.538. The SMILES string of the molecule is CNCCc1cc(C(C)C)c(O)cc1C. The van der Waals surface area contributed by atoms with E-state index in [9.17, 15) is 5.11 Å². The van der Waals surface area contributed by atoms with Gasteiger partial charge in [0.15, 0.2) is 0 Å². The van der Waals surface area contributed by atoms with Crippen molar-refractivity contribution in [3.63, 3.8) is 0 Å². The number of rotatable bonds is 4. The van der Waals surface area contributed by atoms with Crippen LogP contribution in [0.15, 0.2) is 12.1 Å². The molecule has 1 aromatic carbocycles. The third-order valence-electron chi connectivity index (χ3n) is 2.75. The van der Waals surface area contributed by atoms with Crippen LogP contribution in [0.4, 0.5) is 0 Å². The first-order valence-electron chi connectivity index (χ1n) is 5.53. The number of aryl methyl sites for hydroxylation is 1. The van der Waals surface area contributed by atoms with Gasteiger partial charge in [-0.3, -0.25) is 0 Å². The fourth-order valence-electron chi connectivity index (χ4n) is 1.75. The van der Waals surface area contributed by atoms with E-state index >= 15 is 0 Å². The summed E-state index contributed by atoms with van der Waals surface area (Å²) in [5, 5.41) is 12.9. The zero-order chi connectivity index (χ0) is 11.4. The van der Waals surface area contributed by atoms with Crippen molar-refractivity contribution in [3.8, 4) is 5.75 Å². The second-order valence-corrected chi connectivity index (χ2v) is 4.35. The van der Waals surface area contributed by atoms with Crippen LogP contribution in [0.2, 0.25) is 0 Å². The molecule has 0 fully saturated rings. The number of likely N-dealkylation sites (N-methyl/N-ethyl adjacent to an activating group) is 1. The summed E-state index contributed by atoms with van der Waals surface area (Å²) in [5.74, 6) is 0.801. The first-order valence-corrected chi connectivity index (χ1v) is 5.53. The van der Waals surface area contributed by atoms with Crippen molar-refractivity contribution >= 4 is 0 Å². The lowest BCUT2D eigenvalue weighted by Crippen LogP contribution is -2.11. The van der Waals surface area contributed by atoms with E-state index in [0.717, 1.165) is 18.5 Å². The summed E-state index contributed by atoms with van der Waals surface area (Å²) < 4.78 is 0. The molecule has 0 atom stereocenters. The molecular weight excluding hydrogens is 186 g/mol. The topological polar surface area (TPSA) is 32.3 Å². The highest BCUT2D eigenvalue weighted by Crippen LogP contribution is 2.28. The van der Waals surface area contributed by atoms with E-state index in [1.165, 1.54) is 11.1 Å². The van der Waals surface area contributed by atoms with Crippen LogP contribution in [0, 0.1) is 6.92 Å². The summed E-state index contributed by atoms with van der Waals surface area (Å²) in [4.78, 5) is 0. The van der Waals surface area contributed by atoms with Crippen LogP contribution < -0.4 is 5.32 Å². The smallest absolute Gasteiger partial charge is 0.119 e. The van der Waals surface area contributed by atoms with Gasteiger partial charge < -0.3 is 10.4 Å². The Morgan fingerprint density at radius 3 is 2.53 bits per heavy atom. The van der Waals surface area contributed by atoms with Gasteiger partial charge in [-0.15, -0.1) is 0 Å². The second-order valence-electron chi connectivity index (χ2n) is 4.35. The van der Waals surface area contributed by atoms with E-state index in [0.29, 0.717) is 11.7 Å². The highest BCUT2D eigenvalue weighted by atomic mass is 16.3. The fourth-order valence-corrected chi connectivity index (χ4v) is 1.75. The van der Waals surface area contributed by atoms with E-state index in [2.05, 4.69) is 32.2 Å². The number of hydrogen-bond donors (Lipinski definition) is 2. The summed E-state index contributed by atoms with van der Waals surface area (Å²) in [6.45, 7) is 7.23. The van der Waals surface area contributed by atoms with Crippen molar-refractivity contribution < 1.29 is 5.11 Å². The molecule has 15 heavy (non-hydrogen) atoms. The van der Waals surface area contributed by atoms with Gasteiger partial charge in [-0.2, -0.15) is 0 Å². The summed E-state index contributed by atoms with van der Waals surface area (Å²) in [6.07, 6.45) is 1.02. The predicted octanol–water partition coefficient (Wildman–Crippen LogP) is 2.59. The minimum absolute atomic E-state index is 0.374. The summed E-state index contributed by atoms with van der Waals surface area (Å²) in [7, 11) is 1.96. The van der Waals surface area contributed by atoms with Crippen LogP contribution in [0.1, 0.15) is 36.5 Å². The van der Waals surface area contributed by atoms with Gasteiger partial charge in [-0.1, -0.05) is 19.9 Å². The lowest BCUT2D eigenvalue weighted by atomic mass is 9.95. The molecule has 2 heteroatoms. The number of phenols is 1. The van der Waals surface area contributed by atoms with Crippen LogP contribution in [0.25, 0.3) is 0 Å². The van der Waals surface area contributed by atoms with E-state index in [1.54, 1.807) is 0 Å². The molecule has 0 unspecified atom stereocenters. The average molecular weight is 207 g/mol. The van der Waals surface area contributed by atoms with Gasteiger partial charge >= 0.3 is 0 Å². The molecule has 0 aliphatic rings. The Morgan fingerprint density at radius 2 is 2.00 bits per heavy atom.